The third-order valence-corrected chi connectivity index (χ3v) is 4.48. The van der Waals surface area contributed by atoms with Crippen molar-refractivity contribution in [2.45, 2.75) is 32.7 Å². The first-order chi connectivity index (χ1) is 12.1. The lowest BCUT2D eigenvalue weighted by Crippen LogP contribution is -2.39. The molecule has 25 heavy (non-hydrogen) atoms. The number of nitrogens with zero attached hydrogens (tertiary/aromatic N) is 2. The molecule has 0 aliphatic carbocycles. The summed E-state index contributed by atoms with van der Waals surface area (Å²) < 4.78 is 2.01. The van der Waals surface area contributed by atoms with Crippen molar-refractivity contribution in [2.75, 3.05) is 18.4 Å². The minimum atomic E-state index is -0.274. The molecule has 1 aliphatic rings. The topological polar surface area (TPSA) is 66.4 Å². The summed E-state index contributed by atoms with van der Waals surface area (Å²) in [4.78, 5) is 26.0. The lowest BCUT2D eigenvalue weighted by atomic mass is 10.1. The van der Waals surface area contributed by atoms with E-state index in [0.717, 1.165) is 29.9 Å². The second-order valence-corrected chi connectivity index (χ2v) is 6.38. The Labute approximate surface area is 147 Å². The van der Waals surface area contributed by atoms with Gasteiger partial charge in [-0.1, -0.05) is 13.0 Å². The maximum Gasteiger partial charge on any atom is 0.319 e. The highest BCUT2D eigenvalue weighted by Crippen LogP contribution is 2.22. The van der Waals surface area contributed by atoms with E-state index in [0.29, 0.717) is 13.0 Å². The van der Waals surface area contributed by atoms with Crippen LogP contribution in [0, 0.1) is 6.92 Å². The van der Waals surface area contributed by atoms with Crippen LogP contribution in [0.3, 0.4) is 0 Å². The van der Waals surface area contributed by atoms with Crippen molar-refractivity contribution in [3.63, 3.8) is 0 Å². The summed E-state index contributed by atoms with van der Waals surface area (Å²) in [7, 11) is 0. The van der Waals surface area contributed by atoms with Gasteiger partial charge >= 0.3 is 6.03 Å². The predicted octanol–water partition coefficient (Wildman–Crippen LogP) is 2.92. The molecule has 1 fully saturated rings. The molecule has 6 nitrogen and oxygen atoms in total. The summed E-state index contributed by atoms with van der Waals surface area (Å²) in [6, 6.07) is 9.33. The number of likely N-dealkylation sites (tertiary alicyclic amines) is 1. The van der Waals surface area contributed by atoms with Crippen molar-refractivity contribution in [1.82, 2.24) is 14.8 Å². The Hall–Kier alpha value is -2.76. The number of anilines is 1. The Kier molecular flexibility index (Phi) is 5.07. The number of carbonyl (C=O) groups excluding carboxylic acids is 2. The Morgan fingerprint density at radius 2 is 2.00 bits per heavy atom. The van der Waals surface area contributed by atoms with Crippen LogP contribution in [-0.2, 0) is 4.79 Å². The van der Waals surface area contributed by atoms with Gasteiger partial charge in [0, 0.05) is 43.3 Å². The van der Waals surface area contributed by atoms with Crippen molar-refractivity contribution in [2.24, 2.45) is 0 Å². The van der Waals surface area contributed by atoms with E-state index in [2.05, 4.69) is 10.6 Å². The zero-order valence-electron chi connectivity index (χ0n) is 14.7. The van der Waals surface area contributed by atoms with Gasteiger partial charge in [0.1, 0.15) is 0 Å². The molecule has 0 saturated carbocycles. The van der Waals surface area contributed by atoms with Crippen LogP contribution in [-0.4, -0.2) is 40.5 Å². The molecule has 1 aromatic heterocycles. The summed E-state index contributed by atoms with van der Waals surface area (Å²) in [6.45, 7) is 5.35. The van der Waals surface area contributed by atoms with E-state index in [-0.39, 0.29) is 18.0 Å². The number of carbonyl (C=O) groups is 2. The molecular formula is C19H24N4O2. The average molecular weight is 340 g/mol. The molecule has 132 valence electrons. The summed E-state index contributed by atoms with van der Waals surface area (Å²) >= 11 is 0. The first kappa shape index (κ1) is 17.1. The molecule has 2 aromatic rings. The van der Waals surface area contributed by atoms with Crippen LogP contribution in [0.25, 0.3) is 5.69 Å². The van der Waals surface area contributed by atoms with Crippen molar-refractivity contribution in [1.29, 1.82) is 0 Å². The summed E-state index contributed by atoms with van der Waals surface area (Å²) in [6.07, 6.45) is 5.24. The molecule has 6 heteroatoms. The van der Waals surface area contributed by atoms with Gasteiger partial charge in [0.25, 0.3) is 0 Å². The quantitative estimate of drug-likeness (QED) is 0.879. The van der Waals surface area contributed by atoms with Crippen LogP contribution in [0.2, 0.25) is 0 Å². The van der Waals surface area contributed by atoms with Gasteiger partial charge in [-0.2, -0.15) is 0 Å². The first-order valence-corrected chi connectivity index (χ1v) is 8.66. The van der Waals surface area contributed by atoms with Crippen LogP contribution in [0.4, 0.5) is 10.5 Å². The maximum absolute atomic E-state index is 12.3. The number of rotatable bonds is 5. The first-order valence-electron chi connectivity index (χ1n) is 8.66. The largest absolute Gasteiger partial charge is 0.341 e. The van der Waals surface area contributed by atoms with Crippen molar-refractivity contribution < 1.29 is 9.59 Å². The van der Waals surface area contributed by atoms with Crippen LogP contribution < -0.4 is 10.6 Å². The second kappa shape index (κ2) is 7.42. The molecule has 2 N–H and O–H groups in total. The minimum absolute atomic E-state index is 0.109. The van der Waals surface area contributed by atoms with Crippen LogP contribution in [0.1, 0.15) is 25.3 Å². The molecule has 1 aliphatic heterocycles. The van der Waals surface area contributed by atoms with Gasteiger partial charge in [-0.3, -0.25) is 4.79 Å². The molecule has 0 bridgehead atoms. The Morgan fingerprint density at radius 3 is 2.72 bits per heavy atom. The number of nitrogens with one attached hydrogen (secondary N) is 2. The third-order valence-electron chi connectivity index (χ3n) is 4.48. The Morgan fingerprint density at radius 1 is 1.24 bits per heavy atom. The number of hydrogen-bond donors (Lipinski definition) is 2. The van der Waals surface area contributed by atoms with Crippen LogP contribution in [0.15, 0.2) is 42.7 Å². The monoisotopic (exact) mass is 340 g/mol. The molecule has 3 rings (SSSR count). The highest BCUT2D eigenvalue weighted by Gasteiger charge is 2.29. The lowest BCUT2D eigenvalue weighted by Gasteiger charge is -2.17. The van der Waals surface area contributed by atoms with Crippen molar-refractivity contribution in [3.05, 3.63) is 48.3 Å². The number of urea groups is 1. The van der Waals surface area contributed by atoms with E-state index in [1.165, 1.54) is 0 Å². The van der Waals surface area contributed by atoms with Gasteiger partial charge in [0.15, 0.2) is 0 Å². The summed E-state index contributed by atoms with van der Waals surface area (Å²) in [5, 5.41) is 5.82. The SMILES string of the molecule is CCCN1C[C@H](NC(=O)Nc2cccc(-n3cccc3)c2C)CC1=O. The van der Waals surface area contributed by atoms with E-state index in [1.807, 2.05) is 66.0 Å². The predicted molar refractivity (Wildman–Crippen MR) is 97.9 cm³/mol. The highest BCUT2D eigenvalue weighted by molar-refractivity contribution is 5.91. The summed E-state index contributed by atoms with van der Waals surface area (Å²) in [5.74, 6) is 0.109. The van der Waals surface area contributed by atoms with Gasteiger partial charge in [-0.15, -0.1) is 0 Å². The molecule has 2 heterocycles. The third kappa shape index (κ3) is 3.84. The van der Waals surface area contributed by atoms with Gasteiger partial charge in [0.2, 0.25) is 5.91 Å². The smallest absolute Gasteiger partial charge is 0.319 e. The second-order valence-electron chi connectivity index (χ2n) is 6.38. The molecule has 3 amide bonds. The van der Waals surface area contributed by atoms with Gasteiger partial charge < -0.3 is 20.1 Å². The normalized spacial score (nSPS) is 17.0. The Bertz CT molecular complexity index is 755. The molecule has 1 aromatic carbocycles. The molecule has 1 atom stereocenters. The number of aromatic nitrogens is 1. The molecule has 0 radical (unpaired) electrons. The molecule has 0 spiro atoms. The zero-order chi connectivity index (χ0) is 17.8. The summed E-state index contributed by atoms with van der Waals surface area (Å²) in [5.41, 5.74) is 2.77. The molecular weight excluding hydrogens is 316 g/mol. The fraction of sp³-hybridized carbons (Fsp3) is 0.368. The fourth-order valence-electron chi connectivity index (χ4n) is 3.23. The Balaban J connectivity index is 1.64. The van der Waals surface area contributed by atoms with Crippen molar-refractivity contribution >= 4 is 17.6 Å². The number of hydrogen-bond acceptors (Lipinski definition) is 2. The maximum atomic E-state index is 12.3. The fourth-order valence-corrected chi connectivity index (χ4v) is 3.23. The van der Waals surface area contributed by atoms with Gasteiger partial charge in [-0.05, 0) is 43.2 Å². The minimum Gasteiger partial charge on any atom is -0.341 e. The van der Waals surface area contributed by atoms with Gasteiger partial charge in [-0.25, -0.2) is 4.79 Å². The van der Waals surface area contributed by atoms with E-state index in [4.69, 9.17) is 0 Å². The van der Waals surface area contributed by atoms with Gasteiger partial charge in [0.05, 0.1) is 6.04 Å². The molecule has 1 saturated heterocycles. The molecule has 0 unspecified atom stereocenters. The van der Waals surface area contributed by atoms with E-state index < -0.39 is 0 Å². The van der Waals surface area contributed by atoms with E-state index >= 15 is 0 Å². The number of amides is 3. The zero-order valence-corrected chi connectivity index (χ0v) is 14.7. The number of benzene rings is 1. The van der Waals surface area contributed by atoms with Crippen LogP contribution >= 0.6 is 0 Å². The van der Waals surface area contributed by atoms with E-state index in [9.17, 15) is 9.59 Å². The van der Waals surface area contributed by atoms with E-state index in [1.54, 1.807) is 0 Å². The highest BCUT2D eigenvalue weighted by atomic mass is 16.2. The average Bonchev–Trinajstić information content (AvgIpc) is 3.20. The lowest BCUT2D eigenvalue weighted by molar-refractivity contribution is -0.127. The standard InChI is InChI=1S/C19H24N4O2/c1-3-9-23-13-15(12-18(23)24)20-19(25)21-16-7-6-8-17(14(16)2)22-10-4-5-11-22/h4-8,10-11,15H,3,9,12-13H2,1-2H3,(H2,20,21,25)/t15-/m1/s1. The van der Waals surface area contributed by atoms with Crippen LogP contribution in [0.5, 0.6) is 0 Å². The van der Waals surface area contributed by atoms with Crippen molar-refractivity contribution in [3.8, 4) is 5.69 Å².